The van der Waals surface area contributed by atoms with E-state index in [9.17, 15) is 13.6 Å². The monoisotopic (exact) mass is 400 g/mol. The lowest BCUT2D eigenvalue weighted by Gasteiger charge is -2.10. The Morgan fingerprint density at radius 2 is 1.97 bits per heavy atom. The molecule has 152 valence electrons. The number of hydrogen-bond acceptors (Lipinski definition) is 4. The largest absolute Gasteiger partial charge is 0.441 e. The van der Waals surface area contributed by atoms with E-state index < -0.39 is 11.6 Å². The average molecular weight is 400 g/mol. The summed E-state index contributed by atoms with van der Waals surface area (Å²) in [5, 5.41) is 2.87. The van der Waals surface area contributed by atoms with Gasteiger partial charge in [-0.2, -0.15) is 0 Å². The average Bonchev–Trinajstić information content (AvgIpc) is 3.18. The molecule has 0 aliphatic rings. The van der Waals surface area contributed by atoms with Crippen LogP contribution in [0.5, 0.6) is 0 Å². The number of hydrogen-bond donors (Lipinski definition) is 1. The van der Waals surface area contributed by atoms with Crippen LogP contribution in [0.15, 0.2) is 53.1 Å². The predicted octanol–water partition coefficient (Wildman–Crippen LogP) is 4.41. The van der Waals surface area contributed by atoms with Crippen molar-refractivity contribution in [2.24, 2.45) is 0 Å². The van der Waals surface area contributed by atoms with Crippen LogP contribution in [0.1, 0.15) is 30.4 Å². The van der Waals surface area contributed by atoms with Crippen molar-refractivity contribution in [2.45, 2.75) is 32.9 Å². The van der Waals surface area contributed by atoms with Gasteiger partial charge in [-0.15, -0.1) is 0 Å². The molecule has 1 N–H and O–H groups in total. The lowest BCUT2D eigenvalue weighted by Crippen LogP contribution is -2.23. The smallest absolute Gasteiger partial charge is 0.220 e. The van der Waals surface area contributed by atoms with E-state index in [2.05, 4.69) is 10.3 Å². The summed E-state index contributed by atoms with van der Waals surface area (Å²) in [6.07, 6.45) is 1.82. The van der Waals surface area contributed by atoms with Crippen LogP contribution in [0, 0.1) is 11.6 Å². The van der Waals surface area contributed by atoms with Crippen LogP contribution in [-0.4, -0.2) is 17.5 Å². The number of ether oxygens (including phenoxy) is 1. The van der Waals surface area contributed by atoms with Crippen LogP contribution in [0.3, 0.4) is 0 Å². The first kappa shape index (κ1) is 20.7. The summed E-state index contributed by atoms with van der Waals surface area (Å²) in [4.78, 5) is 16.2. The van der Waals surface area contributed by atoms with Gasteiger partial charge >= 0.3 is 0 Å². The number of oxazole rings is 1. The number of nitrogens with one attached hydrogen (secondary N) is 1. The molecule has 0 atom stereocenters. The highest BCUT2D eigenvalue weighted by atomic mass is 19.1. The van der Waals surface area contributed by atoms with Gasteiger partial charge in [0.15, 0.2) is 11.7 Å². The molecule has 0 spiro atoms. The third kappa shape index (κ3) is 5.71. The first-order valence-corrected chi connectivity index (χ1v) is 9.38. The van der Waals surface area contributed by atoms with E-state index in [1.54, 1.807) is 0 Å². The Morgan fingerprint density at radius 1 is 1.17 bits per heavy atom. The van der Waals surface area contributed by atoms with Gasteiger partial charge in [0.05, 0.1) is 18.4 Å². The van der Waals surface area contributed by atoms with E-state index in [4.69, 9.17) is 9.15 Å². The van der Waals surface area contributed by atoms with Crippen LogP contribution in [0.4, 0.5) is 8.78 Å². The minimum absolute atomic E-state index is 0.125. The van der Waals surface area contributed by atoms with Gasteiger partial charge in [0.25, 0.3) is 0 Å². The zero-order valence-corrected chi connectivity index (χ0v) is 16.1. The van der Waals surface area contributed by atoms with Crippen LogP contribution in [-0.2, 0) is 29.1 Å². The van der Waals surface area contributed by atoms with Crippen molar-refractivity contribution >= 4 is 5.91 Å². The highest BCUT2D eigenvalue weighted by molar-refractivity contribution is 5.76. The maximum absolute atomic E-state index is 13.8. The number of carbonyl (C=O) groups excluding carboxylic acids is 1. The Hall–Kier alpha value is -3.06. The topological polar surface area (TPSA) is 64.4 Å². The van der Waals surface area contributed by atoms with Crippen molar-refractivity contribution < 1.29 is 22.7 Å². The van der Waals surface area contributed by atoms with Gasteiger partial charge in [0, 0.05) is 32.1 Å². The molecule has 5 nitrogen and oxygen atoms in total. The molecular weight excluding hydrogens is 378 g/mol. The fourth-order valence-corrected chi connectivity index (χ4v) is 2.83. The van der Waals surface area contributed by atoms with E-state index in [-0.39, 0.29) is 30.1 Å². The van der Waals surface area contributed by atoms with Gasteiger partial charge < -0.3 is 14.5 Å². The number of benzene rings is 2. The lowest BCUT2D eigenvalue weighted by molar-refractivity contribution is -0.121. The summed E-state index contributed by atoms with van der Waals surface area (Å²) < 4.78 is 37.8. The van der Waals surface area contributed by atoms with Crippen LogP contribution < -0.4 is 5.32 Å². The second kappa shape index (κ2) is 9.93. The summed E-state index contributed by atoms with van der Waals surface area (Å²) in [5.41, 5.74) is 2.16. The zero-order valence-electron chi connectivity index (χ0n) is 16.1. The molecular formula is C22H22F2N2O3. The number of aromatic nitrogens is 1. The molecule has 29 heavy (non-hydrogen) atoms. The molecule has 0 aliphatic heterocycles. The molecule has 0 fully saturated rings. The molecule has 0 bridgehead atoms. The lowest BCUT2D eigenvalue weighted by atomic mass is 10.1. The van der Waals surface area contributed by atoms with Crippen LogP contribution >= 0.6 is 0 Å². The molecule has 7 heteroatoms. The van der Waals surface area contributed by atoms with Gasteiger partial charge in [-0.25, -0.2) is 13.8 Å². The van der Waals surface area contributed by atoms with E-state index in [0.29, 0.717) is 25.6 Å². The van der Waals surface area contributed by atoms with Crippen molar-refractivity contribution in [1.29, 1.82) is 0 Å². The Balaban J connectivity index is 1.52. The minimum atomic E-state index is -0.726. The van der Waals surface area contributed by atoms with Crippen LogP contribution in [0.2, 0.25) is 0 Å². The molecule has 0 unspecified atom stereocenters. The van der Waals surface area contributed by atoms with Crippen LogP contribution in [0.25, 0.3) is 11.3 Å². The van der Waals surface area contributed by atoms with Gasteiger partial charge in [0.2, 0.25) is 5.91 Å². The molecule has 0 saturated heterocycles. The summed E-state index contributed by atoms with van der Waals surface area (Å²) in [6, 6.07) is 11.0. The molecule has 3 rings (SSSR count). The Morgan fingerprint density at radius 3 is 2.72 bits per heavy atom. The molecule has 1 aromatic heterocycles. The highest BCUT2D eigenvalue weighted by Gasteiger charge is 2.13. The molecule has 3 aromatic rings. The van der Waals surface area contributed by atoms with Crippen molar-refractivity contribution in [3.8, 4) is 11.3 Å². The molecule has 0 saturated carbocycles. The van der Waals surface area contributed by atoms with Crippen molar-refractivity contribution in [2.75, 3.05) is 6.61 Å². The third-order valence-electron chi connectivity index (χ3n) is 4.37. The number of carbonyl (C=O) groups is 1. The number of aryl methyl sites for hydroxylation is 1. The Bertz CT molecular complexity index is 972. The van der Waals surface area contributed by atoms with E-state index >= 15 is 0 Å². The van der Waals surface area contributed by atoms with Gasteiger partial charge in [-0.1, -0.05) is 24.3 Å². The molecule has 2 aromatic carbocycles. The molecule has 1 heterocycles. The van der Waals surface area contributed by atoms with E-state index in [0.717, 1.165) is 23.3 Å². The Kier molecular flexibility index (Phi) is 7.08. The van der Waals surface area contributed by atoms with Gasteiger partial charge in [0.1, 0.15) is 11.6 Å². The quantitative estimate of drug-likeness (QED) is 0.578. The second-order valence-electron chi connectivity index (χ2n) is 6.42. The first-order valence-electron chi connectivity index (χ1n) is 9.38. The fourth-order valence-electron chi connectivity index (χ4n) is 2.83. The van der Waals surface area contributed by atoms with Crippen molar-refractivity contribution in [3.63, 3.8) is 0 Å². The van der Waals surface area contributed by atoms with E-state index in [1.165, 1.54) is 12.3 Å². The maximum atomic E-state index is 13.8. The predicted molar refractivity (Wildman–Crippen MR) is 104 cm³/mol. The second-order valence-corrected chi connectivity index (χ2v) is 6.42. The Labute approximate surface area is 167 Å². The maximum Gasteiger partial charge on any atom is 0.220 e. The summed E-state index contributed by atoms with van der Waals surface area (Å²) in [5.74, 6) is -1.02. The summed E-state index contributed by atoms with van der Waals surface area (Å²) in [7, 11) is 0. The minimum Gasteiger partial charge on any atom is -0.441 e. The first-order chi connectivity index (χ1) is 14.1. The van der Waals surface area contributed by atoms with Crippen molar-refractivity contribution in [1.82, 2.24) is 10.3 Å². The van der Waals surface area contributed by atoms with E-state index in [1.807, 2.05) is 31.2 Å². The molecule has 0 radical (unpaired) electrons. The molecule has 0 aliphatic carbocycles. The number of nitrogens with zero attached hydrogens (tertiary/aromatic N) is 1. The summed E-state index contributed by atoms with van der Waals surface area (Å²) in [6.45, 7) is 3.46. The molecule has 1 amide bonds. The van der Waals surface area contributed by atoms with Gasteiger partial charge in [-0.05, 0) is 30.2 Å². The zero-order chi connectivity index (χ0) is 20.6. The highest BCUT2D eigenvalue weighted by Crippen LogP contribution is 2.24. The summed E-state index contributed by atoms with van der Waals surface area (Å²) >= 11 is 0. The number of amides is 1. The SMILES string of the molecule is CCOCc1ccccc1CNC(=O)CCc1ncc(-c2ccc(F)cc2F)o1. The van der Waals surface area contributed by atoms with Gasteiger partial charge in [-0.3, -0.25) is 4.79 Å². The standard InChI is InChI=1S/C22H22F2N2O3/c1-2-28-14-16-6-4-3-5-15(16)12-25-21(27)9-10-22-26-13-20(29-22)18-8-7-17(23)11-19(18)24/h3-8,11,13H,2,9-10,12,14H2,1H3,(H,25,27). The number of rotatable bonds is 9. The fraction of sp³-hybridized carbons (Fsp3) is 0.273. The van der Waals surface area contributed by atoms with Crippen molar-refractivity contribution in [3.05, 3.63) is 77.3 Å². The normalized spacial score (nSPS) is 10.9. The third-order valence-corrected chi connectivity index (χ3v) is 4.37. The number of halogens is 2.